The maximum Gasteiger partial charge on any atom is 0.254 e. The standard InChI is InChI=1S/C23H20BN3O2S/c1-14-25-20(12-30-14)15-3-2-4-17(9-15)26-21(28)11-27-13-23(7-8-23)19-10-16(24)5-6-18(19)22(27)29/h2-6,9-10,12H,7-8,11,13H2,1H3,(H,26,28). The van der Waals surface area contributed by atoms with E-state index in [1.165, 1.54) is 0 Å². The van der Waals surface area contributed by atoms with Gasteiger partial charge < -0.3 is 10.2 Å². The van der Waals surface area contributed by atoms with E-state index in [0.29, 0.717) is 23.3 Å². The van der Waals surface area contributed by atoms with Gasteiger partial charge in [-0.05, 0) is 43.5 Å². The van der Waals surface area contributed by atoms with Gasteiger partial charge in [-0.25, -0.2) is 4.98 Å². The summed E-state index contributed by atoms with van der Waals surface area (Å²) in [5.41, 5.74) is 4.88. The molecule has 2 aromatic carbocycles. The molecule has 0 bridgehead atoms. The van der Waals surface area contributed by atoms with Gasteiger partial charge in [-0.2, -0.15) is 0 Å². The van der Waals surface area contributed by atoms with Crippen molar-refractivity contribution in [2.75, 3.05) is 18.4 Å². The largest absolute Gasteiger partial charge is 0.328 e. The van der Waals surface area contributed by atoms with Crippen LogP contribution in [0.3, 0.4) is 0 Å². The molecule has 1 spiro atoms. The topological polar surface area (TPSA) is 62.3 Å². The van der Waals surface area contributed by atoms with Crippen molar-refractivity contribution in [1.82, 2.24) is 9.88 Å². The van der Waals surface area contributed by atoms with E-state index in [4.69, 9.17) is 7.85 Å². The number of carbonyl (C=O) groups is 2. The van der Waals surface area contributed by atoms with Crippen LogP contribution in [0.25, 0.3) is 11.3 Å². The van der Waals surface area contributed by atoms with Gasteiger partial charge in [-0.3, -0.25) is 9.59 Å². The number of amides is 2. The van der Waals surface area contributed by atoms with Crippen LogP contribution >= 0.6 is 11.3 Å². The summed E-state index contributed by atoms with van der Waals surface area (Å²) in [5.74, 6) is -0.311. The van der Waals surface area contributed by atoms with E-state index < -0.39 is 0 Å². The molecule has 30 heavy (non-hydrogen) atoms. The van der Waals surface area contributed by atoms with Gasteiger partial charge in [0, 0.05) is 34.2 Å². The maximum absolute atomic E-state index is 13.0. The third kappa shape index (κ3) is 3.43. The smallest absolute Gasteiger partial charge is 0.254 e. The minimum atomic E-state index is -0.204. The van der Waals surface area contributed by atoms with Crippen molar-refractivity contribution < 1.29 is 9.59 Å². The second-order valence-electron chi connectivity index (χ2n) is 8.13. The Balaban J connectivity index is 1.32. The number of rotatable bonds is 4. The molecule has 2 heterocycles. The fourth-order valence-electron chi connectivity index (χ4n) is 4.21. The average Bonchev–Trinajstić information content (AvgIpc) is 3.36. The number of thiazole rings is 1. The van der Waals surface area contributed by atoms with Crippen LogP contribution in [-0.4, -0.2) is 42.6 Å². The molecule has 2 amide bonds. The lowest BCUT2D eigenvalue weighted by atomic mass is 9.82. The van der Waals surface area contributed by atoms with Crippen LogP contribution in [0.15, 0.2) is 47.8 Å². The number of aromatic nitrogens is 1. The van der Waals surface area contributed by atoms with Gasteiger partial charge in [0.15, 0.2) is 0 Å². The van der Waals surface area contributed by atoms with E-state index in [1.807, 2.05) is 42.6 Å². The Morgan fingerprint density at radius 3 is 2.83 bits per heavy atom. The molecule has 2 radical (unpaired) electrons. The van der Waals surface area contributed by atoms with Crippen molar-refractivity contribution in [1.29, 1.82) is 0 Å². The van der Waals surface area contributed by atoms with Crippen LogP contribution in [0, 0.1) is 6.92 Å². The van der Waals surface area contributed by atoms with Crippen molar-refractivity contribution >= 4 is 42.1 Å². The van der Waals surface area contributed by atoms with E-state index in [9.17, 15) is 9.59 Å². The normalized spacial score (nSPS) is 16.4. The number of anilines is 1. The Morgan fingerprint density at radius 2 is 2.10 bits per heavy atom. The van der Waals surface area contributed by atoms with Gasteiger partial charge in [0.1, 0.15) is 14.4 Å². The van der Waals surface area contributed by atoms with Gasteiger partial charge in [0.2, 0.25) is 5.91 Å². The van der Waals surface area contributed by atoms with E-state index in [2.05, 4.69) is 10.3 Å². The Bertz CT molecular complexity index is 1170. The van der Waals surface area contributed by atoms with E-state index in [-0.39, 0.29) is 23.8 Å². The van der Waals surface area contributed by atoms with Gasteiger partial charge >= 0.3 is 0 Å². The molecule has 5 nitrogen and oxygen atoms in total. The second kappa shape index (κ2) is 7.09. The molecule has 2 aliphatic rings. The Hall–Kier alpha value is -2.93. The predicted molar refractivity (Wildman–Crippen MR) is 120 cm³/mol. The molecular weight excluding hydrogens is 393 g/mol. The molecule has 148 valence electrons. The molecule has 1 saturated carbocycles. The molecule has 0 atom stereocenters. The number of hydrogen-bond acceptors (Lipinski definition) is 4. The summed E-state index contributed by atoms with van der Waals surface area (Å²) < 4.78 is 0. The fourth-order valence-corrected chi connectivity index (χ4v) is 4.83. The number of benzene rings is 2. The molecular formula is C23H20BN3O2S. The van der Waals surface area contributed by atoms with Crippen LogP contribution < -0.4 is 10.8 Å². The first-order valence-electron chi connectivity index (χ1n) is 9.95. The summed E-state index contributed by atoms with van der Waals surface area (Å²) in [4.78, 5) is 31.9. The first-order chi connectivity index (χ1) is 14.4. The van der Waals surface area contributed by atoms with E-state index in [0.717, 1.165) is 34.7 Å². The van der Waals surface area contributed by atoms with Crippen molar-refractivity contribution in [2.24, 2.45) is 0 Å². The zero-order valence-corrected chi connectivity index (χ0v) is 17.5. The number of aryl methyl sites for hydroxylation is 1. The zero-order valence-electron chi connectivity index (χ0n) is 16.6. The van der Waals surface area contributed by atoms with Gasteiger partial charge in [-0.1, -0.05) is 29.7 Å². The first kappa shape index (κ1) is 19.1. The molecule has 7 heteroatoms. The lowest BCUT2D eigenvalue weighted by Crippen LogP contribution is -2.47. The average molecular weight is 413 g/mol. The van der Waals surface area contributed by atoms with Crippen molar-refractivity contribution in [3.8, 4) is 11.3 Å². The Morgan fingerprint density at radius 1 is 1.27 bits per heavy atom. The van der Waals surface area contributed by atoms with Crippen LogP contribution in [0.5, 0.6) is 0 Å². The number of hydrogen-bond donors (Lipinski definition) is 1. The lowest BCUT2D eigenvalue weighted by Gasteiger charge is -2.34. The summed E-state index contributed by atoms with van der Waals surface area (Å²) in [5, 5.41) is 5.93. The second-order valence-corrected chi connectivity index (χ2v) is 9.19. The monoisotopic (exact) mass is 413 g/mol. The first-order valence-corrected chi connectivity index (χ1v) is 10.8. The van der Waals surface area contributed by atoms with Gasteiger partial charge in [-0.15, -0.1) is 11.3 Å². The minimum absolute atomic E-state index is 0.0322. The van der Waals surface area contributed by atoms with Crippen molar-refractivity contribution in [2.45, 2.75) is 25.2 Å². The summed E-state index contributed by atoms with van der Waals surface area (Å²) >= 11 is 1.59. The SMILES string of the molecule is [B]c1ccc2c(c1)C1(CC1)CN(CC(=O)Nc1cccc(-c3csc(C)n3)c1)C2=O. The molecule has 1 fully saturated rings. The highest BCUT2D eigenvalue weighted by Gasteiger charge is 2.51. The van der Waals surface area contributed by atoms with Crippen LogP contribution in [-0.2, 0) is 10.2 Å². The summed E-state index contributed by atoms with van der Waals surface area (Å²) in [7, 11) is 5.94. The van der Waals surface area contributed by atoms with Gasteiger partial charge in [0.25, 0.3) is 5.91 Å². The van der Waals surface area contributed by atoms with Gasteiger partial charge in [0.05, 0.1) is 10.7 Å². The summed E-state index contributed by atoms with van der Waals surface area (Å²) in [6.45, 7) is 2.56. The predicted octanol–water partition coefficient (Wildman–Crippen LogP) is 3.04. The highest BCUT2D eigenvalue weighted by molar-refractivity contribution is 7.09. The van der Waals surface area contributed by atoms with Crippen LogP contribution in [0.4, 0.5) is 5.69 Å². The number of fused-ring (bicyclic) bond motifs is 2. The van der Waals surface area contributed by atoms with Crippen LogP contribution in [0.2, 0.25) is 0 Å². The quantitative estimate of drug-likeness (QED) is 0.669. The minimum Gasteiger partial charge on any atom is -0.328 e. The molecule has 5 rings (SSSR count). The molecule has 1 N–H and O–H groups in total. The Kier molecular flexibility index (Phi) is 4.51. The highest BCUT2D eigenvalue weighted by Crippen LogP contribution is 2.52. The fraction of sp³-hybridized carbons (Fsp3) is 0.261. The highest BCUT2D eigenvalue weighted by atomic mass is 32.1. The maximum atomic E-state index is 13.0. The van der Waals surface area contributed by atoms with E-state index >= 15 is 0 Å². The zero-order chi connectivity index (χ0) is 20.9. The lowest BCUT2D eigenvalue weighted by molar-refractivity contribution is -0.117. The number of nitrogens with zero attached hydrogens (tertiary/aromatic N) is 2. The molecule has 0 unspecified atom stereocenters. The van der Waals surface area contributed by atoms with Crippen molar-refractivity contribution in [3.05, 3.63) is 64.0 Å². The molecule has 0 saturated heterocycles. The number of nitrogens with one attached hydrogen (secondary N) is 1. The molecule has 1 aliphatic carbocycles. The molecule has 1 aromatic heterocycles. The van der Waals surface area contributed by atoms with E-state index in [1.54, 1.807) is 28.4 Å². The summed E-state index contributed by atoms with van der Waals surface area (Å²) in [6.07, 6.45) is 2.04. The third-order valence-electron chi connectivity index (χ3n) is 5.88. The summed E-state index contributed by atoms with van der Waals surface area (Å²) in [6, 6.07) is 13.1. The molecule has 1 aliphatic heterocycles. The van der Waals surface area contributed by atoms with Crippen molar-refractivity contribution in [3.63, 3.8) is 0 Å². The Labute approximate surface area is 180 Å². The van der Waals surface area contributed by atoms with Crippen LogP contribution in [0.1, 0.15) is 33.8 Å². The molecule has 3 aromatic rings. The number of carbonyl (C=O) groups excluding carboxylic acids is 2. The third-order valence-corrected chi connectivity index (χ3v) is 6.65.